The number of hydrogen-bond donors (Lipinski definition) is 4. The molecule has 1 fully saturated rings. The lowest BCUT2D eigenvalue weighted by molar-refractivity contribution is -0.284. The van der Waals surface area contributed by atoms with E-state index in [0.717, 1.165) is 5.56 Å². The van der Waals surface area contributed by atoms with Crippen LogP contribution in [0.15, 0.2) is 71.9 Å². The van der Waals surface area contributed by atoms with Crippen molar-refractivity contribution in [3.63, 3.8) is 0 Å². The molecule has 4 rings (SSSR count). The molecule has 0 radical (unpaired) electrons. The molecule has 0 aliphatic carbocycles. The number of benzene rings is 2. The summed E-state index contributed by atoms with van der Waals surface area (Å²) in [7, 11) is -4.36. The number of hydroxylamine groups is 2. The zero-order chi connectivity index (χ0) is 32.0. The highest BCUT2D eigenvalue weighted by molar-refractivity contribution is 7.92. The first kappa shape index (κ1) is 33.7. The predicted octanol–water partition coefficient (Wildman–Crippen LogP) is 4.63. The van der Waals surface area contributed by atoms with Crippen molar-refractivity contribution in [1.29, 1.82) is 0 Å². The molecule has 0 spiro atoms. The Hall–Kier alpha value is -3.21. The van der Waals surface area contributed by atoms with Gasteiger partial charge in [-0.3, -0.25) is 15.0 Å². The van der Waals surface area contributed by atoms with E-state index in [1.165, 1.54) is 30.3 Å². The third kappa shape index (κ3) is 8.28. The van der Waals surface area contributed by atoms with Crippen LogP contribution in [0.5, 0.6) is 0 Å². The summed E-state index contributed by atoms with van der Waals surface area (Å²) in [6, 6.07) is 14.0. The van der Waals surface area contributed by atoms with Crippen LogP contribution < -0.4 is 20.0 Å². The largest absolute Gasteiger partial charge is 0.626 e. The zero-order valence-corrected chi connectivity index (χ0v) is 24.5. The summed E-state index contributed by atoms with van der Waals surface area (Å²) in [5, 5.41) is 29.7. The number of aromatic nitrogens is 1. The van der Waals surface area contributed by atoms with Crippen molar-refractivity contribution in [1.82, 2.24) is 20.3 Å². The molecule has 240 valence electrons. The smallest absolute Gasteiger partial charge is 0.453 e. The Balaban J connectivity index is 1.45. The van der Waals surface area contributed by atoms with Gasteiger partial charge >= 0.3 is 12.1 Å². The number of pyridine rings is 1. The zero-order valence-electron chi connectivity index (χ0n) is 23.7. The van der Waals surface area contributed by atoms with Crippen molar-refractivity contribution < 1.29 is 35.5 Å². The first-order valence-corrected chi connectivity index (χ1v) is 15.5. The predicted molar refractivity (Wildman–Crippen MR) is 156 cm³/mol. The maximum atomic E-state index is 13.6. The summed E-state index contributed by atoms with van der Waals surface area (Å²) in [6.07, 6.45) is -5.38. The number of aliphatic hydroxyl groups excluding tert-OH is 1. The Bertz CT molecular complexity index is 1490. The highest BCUT2D eigenvalue weighted by Gasteiger charge is 2.56. The van der Waals surface area contributed by atoms with E-state index in [1.54, 1.807) is 36.7 Å². The number of rotatable bonds is 14. The van der Waals surface area contributed by atoms with Crippen molar-refractivity contribution in [2.75, 3.05) is 37.6 Å². The minimum absolute atomic E-state index is 0.00435. The van der Waals surface area contributed by atoms with E-state index in [4.69, 9.17) is 0 Å². The van der Waals surface area contributed by atoms with Crippen LogP contribution in [-0.2, 0) is 22.9 Å². The lowest BCUT2D eigenvalue weighted by Gasteiger charge is -2.38. The number of hydrogen-bond acceptors (Lipinski definition) is 7. The van der Waals surface area contributed by atoms with Crippen LogP contribution in [-0.4, -0.2) is 63.5 Å². The highest BCUT2D eigenvalue weighted by Crippen LogP contribution is 2.40. The first-order valence-electron chi connectivity index (χ1n) is 14.0. The molecular weight excluding hydrogens is 609 g/mol. The van der Waals surface area contributed by atoms with E-state index in [2.05, 4.69) is 20.3 Å². The minimum atomic E-state index is -5.74. The number of nitrogens with one attached hydrogen (secondary N) is 3. The van der Waals surface area contributed by atoms with Gasteiger partial charge in [0.15, 0.2) is 0 Å². The average Bonchev–Trinajstić information content (AvgIpc) is 3.43. The molecule has 0 amide bonds. The standard InChI is InChI=1S/C29H34F5N5O4S/c30-28(31,29(32,33)34)13-2-5-24-25(39(41)17-16-37-20-39)6-1-7-27(24)44(42,43)38-23-10-8-21(9-11-23)12-15-36-19-26(40)22-4-3-14-35-18-22/h1,3-4,6-11,14,18,26,36-38,40H,2,5,12-13,15-17,19-20H2. The van der Waals surface area contributed by atoms with E-state index >= 15 is 0 Å². The van der Waals surface area contributed by atoms with E-state index in [1.807, 2.05) is 0 Å². The van der Waals surface area contributed by atoms with Gasteiger partial charge in [-0.15, -0.1) is 0 Å². The summed E-state index contributed by atoms with van der Waals surface area (Å²) in [6.45, 7) is 1.13. The SMILES string of the molecule is O=S(=O)(Nc1ccc(CCNCC(O)c2cccnc2)cc1)c1cccc([N+]2([O-])CCNC2)c1CCCC(F)(F)C(F)(F)F. The quantitative estimate of drug-likeness (QED) is 0.0874. The van der Waals surface area contributed by atoms with Crippen LogP contribution in [0.25, 0.3) is 0 Å². The van der Waals surface area contributed by atoms with Crippen molar-refractivity contribution in [3.8, 4) is 0 Å². The molecule has 1 saturated heterocycles. The second-order valence-corrected chi connectivity index (χ2v) is 12.3. The molecule has 2 heterocycles. The normalized spacial score (nSPS) is 18.3. The van der Waals surface area contributed by atoms with Gasteiger partial charge in [-0.05, 0) is 61.7 Å². The number of halogens is 5. The highest BCUT2D eigenvalue weighted by atomic mass is 32.2. The topological polar surface area (TPSA) is 126 Å². The molecule has 2 unspecified atom stereocenters. The van der Waals surface area contributed by atoms with E-state index < -0.39 is 52.1 Å². The summed E-state index contributed by atoms with van der Waals surface area (Å²) in [5.41, 5.74) is 1.68. The molecule has 9 nitrogen and oxygen atoms in total. The summed E-state index contributed by atoms with van der Waals surface area (Å²) in [5.74, 6) is -4.95. The van der Waals surface area contributed by atoms with E-state index in [0.29, 0.717) is 31.6 Å². The lowest BCUT2D eigenvalue weighted by Crippen LogP contribution is -2.42. The fraction of sp³-hybridized carbons (Fsp3) is 0.414. The average molecular weight is 644 g/mol. The maximum Gasteiger partial charge on any atom is 0.453 e. The number of quaternary nitrogens is 1. The van der Waals surface area contributed by atoms with E-state index in [9.17, 15) is 40.7 Å². The van der Waals surface area contributed by atoms with Gasteiger partial charge in [-0.1, -0.05) is 24.3 Å². The molecule has 2 atom stereocenters. The van der Waals surface area contributed by atoms with Gasteiger partial charge in [0.2, 0.25) is 0 Å². The Kier molecular flexibility index (Phi) is 10.6. The molecule has 1 aliphatic heterocycles. The van der Waals surface area contributed by atoms with Crippen molar-refractivity contribution in [2.24, 2.45) is 0 Å². The Labute approximate surface area is 252 Å². The monoisotopic (exact) mass is 643 g/mol. The molecule has 2 aromatic carbocycles. The molecule has 44 heavy (non-hydrogen) atoms. The van der Waals surface area contributed by atoms with Crippen LogP contribution in [0, 0.1) is 5.21 Å². The first-order chi connectivity index (χ1) is 20.7. The van der Waals surface area contributed by atoms with Crippen molar-refractivity contribution in [3.05, 3.63) is 88.9 Å². The van der Waals surface area contributed by atoms with Gasteiger partial charge in [0.1, 0.15) is 12.4 Å². The molecule has 4 N–H and O–H groups in total. The number of anilines is 1. The van der Waals surface area contributed by atoms with Crippen molar-refractivity contribution >= 4 is 21.4 Å². The Morgan fingerprint density at radius 3 is 2.43 bits per heavy atom. The fourth-order valence-electron chi connectivity index (χ4n) is 4.98. The van der Waals surface area contributed by atoms with Crippen molar-refractivity contribution in [2.45, 2.75) is 48.8 Å². The second-order valence-electron chi connectivity index (χ2n) is 10.6. The Morgan fingerprint density at radius 1 is 1.05 bits per heavy atom. The second kappa shape index (κ2) is 13.8. The molecule has 15 heteroatoms. The van der Waals surface area contributed by atoms with Crippen LogP contribution in [0.4, 0.5) is 33.3 Å². The number of sulfonamides is 1. The Morgan fingerprint density at radius 2 is 1.80 bits per heavy atom. The van der Waals surface area contributed by atoms with Gasteiger partial charge < -0.3 is 20.3 Å². The van der Waals surface area contributed by atoms with Gasteiger partial charge in [-0.25, -0.2) is 8.42 Å². The summed E-state index contributed by atoms with van der Waals surface area (Å²) < 4.78 is 93.9. The van der Waals surface area contributed by atoms with Crippen LogP contribution >= 0.6 is 0 Å². The van der Waals surface area contributed by atoms with E-state index in [-0.39, 0.29) is 35.0 Å². The van der Waals surface area contributed by atoms with Crippen LogP contribution in [0.2, 0.25) is 0 Å². The molecule has 1 aromatic heterocycles. The molecule has 3 aromatic rings. The van der Waals surface area contributed by atoms with Gasteiger partial charge in [-0.2, -0.15) is 22.0 Å². The van der Waals surface area contributed by atoms with Gasteiger partial charge in [0, 0.05) is 42.2 Å². The number of aliphatic hydroxyl groups is 1. The molecular formula is C29H34F5N5O4S. The minimum Gasteiger partial charge on any atom is -0.626 e. The van der Waals surface area contributed by atoms with Crippen LogP contribution in [0.3, 0.4) is 0 Å². The van der Waals surface area contributed by atoms with Crippen LogP contribution in [0.1, 0.15) is 35.6 Å². The molecule has 0 bridgehead atoms. The third-order valence-electron chi connectivity index (χ3n) is 7.39. The summed E-state index contributed by atoms with van der Waals surface area (Å²) >= 11 is 0. The van der Waals surface area contributed by atoms with Gasteiger partial charge in [0.25, 0.3) is 10.0 Å². The van der Waals surface area contributed by atoms with Gasteiger partial charge in [0.05, 0.1) is 24.1 Å². The summed E-state index contributed by atoms with van der Waals surface area (Å²) in [4.78, 5) is 3.62. The molecule has 0 saturated carbocycles. The fourth-order valence-corrected chi connectivity index (χ4v) is 6.33. The maximum absolute atomic E-state index is 13.6. The lowest BCUT2D eigenvalue weighted by atomic mass is 10.0. The number of alkyl halides is 5. The third-order valence-corrected chi connectivity index (χ3v) is 8.86. The number of nitrogens with zero attached hydrogens (tertiary/aromatic N) is 2. The molecule has 1 aliphatic rings.